The predicted molar refractivity (Wildman–Crippen MR) is 81.7 cm³/mol. The van der Waals surface area contributed by atoms with Crippen molar-refractivity contribution >= 4 is 27.0 Å². The number of anilines is 1. The quantitative estimate of drug-likeness (QED) is 0.773. The van der Waals surface area contributed by atoms with Gasteiger partial charge in [-0.3, -0.25) is 9.82 Å². The second kappa shape index (κ2) is 5.30. The maximum absolute atomic E-state index is 12.1. The van der Waals surface area contributed by atoms with Gasteiger partial charge < -0.3 is 0 Å². The molecule has 0 atom stereocenters. The zero-order chi connectivity index (χ0) is 14.9. The number of benzene rings is 1. The lowest BCUT2D eigenvalue weighted by Crippen LogP contribution is -2.12. The van der Waals surface area contributed by atoms with Gasteiger partial charge in [0.1, 0.15) is 4.90 Å². The van der Waals surface area contributed by atoms with Gasteiger partial charge in [-0.25, -0.2) is 13.4 Å². The highest BCUT2D eigenvalue weighted by molar-refractivity contribution is 7.92. The average Bonchev–Trinajstić information content (AvgIpc) is 3.09. The van der Waals surface area contributed by atoms with Crippen LogP contribution in [0.2, 0.25) is 0 Å². The number of nitrogens with one attached hydrogen (secondary N) is 2. The van der Waals surface area contributed by atoms with Crippen LogP contribution in [0.4, 0.5) is 5.69 Å². The van der Waals surface area contributed by atoms with Crippen LogP contribution in [0, 0.1) is 6.92 Å². The molecule has 108 valence electrons. The van der Waals surface area contributed by atoms with Crippen LogP contribution in [-0.2, 0) is 10.0 Å². The number of hydrogen-bond acceptors (Lipinski definition) is 5. The first kappa shape index (κ1) is 13.8. The van der Waals surface area contributed by atoms with Crippen LogP contribution >= 0.6 is 11.3 Å². The molecule has 0 aliphatic carbocycles. The molecule has 8 heteroatoms. The molecule has 1 aromatic carbocycles. The van der Waals surface area contributed by atoms with Gasteiger partial charge in [-0.2, -0.15) is 5.10 Å². The van der Waals surface area contributed by atoms with Crippen molar-refractivity contribution in [2.24, 2.45) is 0 Å². The third-order valence-electron chi connectivity index (χ3n) is 2.81. The third kappa shape index (κ3) is 2.96. The van der Waals surface area contributed by atoms with Crippen LogP contribution in [-0.4, -0.2) is 23.6 Å². The largest absolute Gasteiger partial charge is 0.284 e. The minimum absolute atomic E-state index is 0.0948. The summed E-state index contributed by atoms with van der Waals surface area (Å²) in [6.45, 7) is 1.93. The van der Waals surface area contributed by atoms with Gasteiger partial charge in [-0.05, 0) is 19.1 Å². The van der Waals surface area contributed by atoms with E-state index in [0.29, 0.717) is 5.69 Å². The number of aromatic amines is 1. The summed E-state index contributed by atoms with van der Waals surface area (Å²) in [6, 6.07) is 7.13. The van der Waals surface area contributed by atoms with E-state index in [1.54, 1.807) is 29.5 Å². The number of H-pyrrole nitrogens is 1. The fourth-order valence-electron chi connectivity index (χ4n) is 1.84. The van der Waals surface area contributed by atoms with Crippen molar-refractivity contribution in [1.29, 1.82) is 0 Å². The molecular formula is C13H12N4O2S2. The number of hydrogen-bond donors (Lipinski definition) is 2. The molecule has 21 heavy (non-hydrogen) atoms. The van der Waals surface area contributed by atoms with Crippen molar-refractivity contribution in [3.63, 3.8) is 0 Å². The second-order valence-corrected chi connectivity index (χ2v) is 7.12. The highest BCUT2D eigenvalue weighted by Gasteiger charge is 2.15. The smallest absolute Gasteiger partial charge is 0.265 e. The Kier molecular flexibility index (Phi) is 3.48. The average molecular weight is 320 g/mol. The van der Waals surface area contributed by atoms with Crippen molar-refractivity contribution in [3.8, 4) is 11.3 Å². The lowest BCUT2D eigenvalue weighted by Gasteiger charge is -2.07. The van der Waals surface area contributed by atoms with Gasteiger partial charge in [0, 0.05) is 22.8 Å². The zero-order valence-corrected chi connectivity index (χ0v) is 12.7. The molecule has 0 aliphatic rings. The molecule has 6 nitrogen and oxygen atoms in total. The fourth-order valence-corrected chi connectivity index (χ4v) is 3.41. The molecule has 3 rings (SSSR count). The van der Waals surface area contributed by atoms with E-state index in [1.165, 1.54) is 12.4 Å². The number of aryl methyl sites for hydroxylation is 1. The Morgan fingerprint density at radius 3 is 2.86 bits per heavy atom. The van der Waals surface area contributed by atoms with Crippen molar-refractivity contribution in [2.45, 2.75) is 11.8 Å². The molecule has 2 N–H and O–H groups in total. The van der Waals surface area contributed by atoms with Gasteiger partial charge in [0.2, 0.25) is 0 Å². The Morgan fingerprint density at radius 1 is 1.33 bits per heavy atom. The van der Waals surface area contributed by atoms with Crippen molar-refractivity contribution in [1.82, 2.24) is 15.2 Å². The maximum atomic E-state index is 12.1. The molecule has 0 spiro atoms. The van der Waals surface area contributed by atoms with E-state index in [-0.39, 0.29) is 4.90 Å². The second-order valence-electron chi connectivity index (χ2n) is 4.37. The number of aromatic nitrogens is 3. The lowest BCUT2D eigenvalue weighted by molar-refractivity contribution is 0.601. The number of sulfonamides is 1. The van der Waals surface area contributed by atoms with Crippen LogP contribution in [0.5, 0.6) is 0 Å². The molecule has 0 radical (unpaired) electrons. The normalized spacial score (nSPS) is 11.5. The minimum Gasteiger partial charge on any atom is -0.284 e. The summed E-state index contributed by atoms with van der Waals surface area (Å²) in [7, 11) is -3.63. The molecule has 0 fully saturated rings. The molecule has 0 saturated carbocycles. The first-order valence-corrected chi connectivity index (χ1v) is 8.45. The first-order valence-electron chi connectivity index (χ1n) is 6.09. The van der Waals surface area contributed by atoms with E-state index in [9.17, 15) is 8.42 Å². The standard InChI is InChI=1S/C13H12N4O2S2/c1-9-16-13(8-20-9)10-3-2-4-11(5-10)17-21(18,19)12-6-14-15-7-12/h2-8,17H,1H3,(H,14,15). The molecule has 3 aromatic rings. The Labute approximate surface area is 125 Å². The first-order chi connectivity index (χ1) is 10.0. The Balaban J connectivity index is 1.91. The molecular weight excluding hydrogens is 308 g/mol. The topological polar surface area (TPSA) is 87.7 Å². The van der Waals surface area contributed by atoms with Crippen LogP contribution < -0.4 is 4.72 Å². The summed E-state index contributed by atoms with van der Waals surface area (Å²) in [5, 5.41) is 9.04. The molecule has 2 heterocycles. The van der Waals surface area contributed by atoms with Gasteiger partial charge in [-0.15, -0.1) is 11.3 Å². The maximum Gasteiger partial charge on any atom is 0.265 e. The van der Waals surface area contributed by atoms with E-state index < -0.39 is 10.0 Å². The van der Waals surface area contributed by atoms with Crippen LogP contribution in [0.15, 0.2) is 46.9 Å². The third-order valence-corrected chi connectivity index (χ3v) is 4.93. The van der Waals surface area contributed by atoms with Gasteiger partial charge in [0.25, 0.3) is 10.0 Å². The minimum atomic E-state index is -3.63. The van der Waals surface area contributed by atoms with E-state index in [0.717, 1.165) is 16.3 Å². The van der Waals surface area contributed by atoms with E-state index in [1.807, 2.05) is 18.4 Å². The summed E-state index contributed by atoms with van der Waals surface area (Å²) < 4.78 is 26.8. The van der Waals surface area contributed by atoms with Crippen LogP contribution in [0.1, 0.15) is 5.01 Å². The van der Waals surface area contributed by atoms with Gasteiger partial charge >= 0.3 is 0 Å². The molecule has 2 aromatic heterocycles. The van der Waals surface area contributed by atoms with Crippen LogP contribution in [0.3, 0.4) is 0 Å². The summed E-state index contributed by atoms with van der Waals surface area (Å²) in [6.07, 6.45) is 2.59. The van der Waals surface area contributed by atoms with Crippen LogP contribution in [0.25, 0.3) is 11.3 Å². The zero-order valence-electron chi connectivity index (χ0n) is 11.1. The number of rotatable bonds is 4. The number of thiazole rings is 1. The molecule has 0 saturated heterocycles. The Hall–Kier alpha value is -2.19. The number of nitrogens with zero attached hydrogens (tertiary/aromatic N) is 2. The Morgan fingerprint density at radius 2 is 2.19 bits per heavy atom. The highest BCUT2D eigenvalue weighted by atomic mass is 32.2. The highest BCUT2D eigenvalue weighted by Crippen LogP contribution is 2.25. The summed E-state index contributed by atoms with van der Waals surface area (Å²) in [5.41, 5.74) is 2.19. The SMILES string of the molecule is Cc1nc(-c2cccc(NS(=O)(=O)c3cn[nH]c3)c2)cs1. The summed E-state index contributed by atoms with van der Waals surface area (Å²) >= 11 is 1.55. The van der Waals surface area contributed by atoms with E-state index in [2.05, 4.69) is 19.9 Å². The van der Waals surface area contributed by atoms with Gasteiger partial charge in [0.05, 0.1) is 16.9 Å². The lowest BCUT2D eigenvalue weighted by atomic mass is 10.1. The molecule has 0 unspecified atom stereocenters. The summed E-state index contributed by atoms with van der Waals surface area (Å²) in [5.74, 6) is 0. The van der Waals surface area contributed by atoms with Gasteiger partial charge in [0.15, 0.2) is 0 Å². The van der Waals surface area contributed by atoms with Crippen molar-refractivity contribution < 1.29 is 8.42 Å². The molecule has 0 aliphatic heterocycles. The monoisotopic (exact) mass is 320 g/mol. The van der Waals surface area contributed by atoms with Crippen molar-refractivity contribution in [2.75, 3.05) is 4.72 Å². The predicted octanol–water partition coefficient (Wildman–Crippen LogP) is 2.64. The van der Waals surface area contributed by atoms with Crippen molar-refractivity contribution in [3.05, 3.63) is 47.0 Å². The molecule has 0 amide bonds. The molecule has 0 bridgehead atoms. The Bertz CT molecular complexity index is 854. The fraction of sp³-hybridized carbons (Fsp3) is 0.0769. The van der Waals surface area contributed by atoms with Gasteiger partial charge in [-0.1, -0.05) is 12.1 Å². The van der Waals surface area contributed by atoms with E-state index in [4.69, 9.17) is 0 Å². The summed E-state index contributed by atoms with van der Waals surface area (Å²) in [4.78, 5) is 4.49. The van der Waals surface area contributed by atoms with E-state index >= 15 is 0 Å².